The molecule has 2 amide bonds. The number of anilines is 1. The van der Waals surface area contributed by atoms with Crippen LogP contribution in [-0.2, 0) is 4.74 Å². The van der Waals surface area contributed by atoms with Crippen molar-refractivity contribution in [3.05, 3.63) is 57.9 Å². The number of carbonyl (C=O) groups excluding carboxylic acids is 2. The minimum atomic E-state index is -0.358. The predicted molar refractivity (Wildman–Crippen MR) is 99.8 cm³/mol. The van der Waals surface area contributed by atoms with E-state index in [9.17, 15) is 9.59 Å². The third kappa shape index (κ3) is 4.03. The largest absolute Gasteiger partial charge is 0.378 e. The Morgan fingerprint density at radius 3 is 2.50 bits per heavy atom. The lowest BCUT2D eigenvalue weighted by molar-refractivity contribution is 0.0302. The number of carbonyl (C=O) groups is 2. The summed E-state index contributed by atoms with van der Waals surface area (Å²) in [4.78, 5) is 30.9. The van der Waals surface area contributed by atoms with Crippen LogP contribution in [0.25, 0.3) is 0 Å². The van der Waals surface area contributed by atoms with Crippen LogP contribution in [0.4, 0.5) is 5.69 Å². The Morgan fingerprint density at radius 1 is 1.12 bits per heavy atom. The van der Waals surface area contributed by atoms with Crippen molar-refractivity contribution in [1.29, 1.82) is 0 Å². The van der Waals surface area contributed by atoms with Crippen molar-refractivity contribution in [1.82, 2.24) is 9.88 Å². The molecule has 0 unspecified atom stereocenters. The molecule has 0 aliphatic carbocycles. The summed E-state index contributed by atoms with van der Waals surface area (Å²) in [6.45, 7) is 5.93. The Labute approximate surface area is 157 Å². The number of rotatable bonds is 3. The van der Waals surface area contributed by atoms with Gasteiger partial charge in [0.25, 0.3) is 11.8 Å². The van der Waals surface area contributed by atoms with E-state index < -0.39 is 0 Å². The molecule has 0 saturated carbocycles. The molecule has 1 aromatic carbocycles. The summed E-state index contributed by atoms with van der Waals surface area (Å²) < 4.78 is 5.26. The zero-order chi connectivity index (χ0) is 18.7. The lowest BCUT2D eigenvalue weighted by atomic mass is 10.1. The van der Waals surface area contributed by atoms with Gasteiger partial charge in [-0.2, -0.15) is 0 Å². The van der Waals surface area contributed by atoms with Gasteiger partial charge in [0.1, 0.15) is 0 Å². The van der Waals surface area contributed by atoms with E-state index in [1.807, 2.05) is 19.9 Å². The number of pyridine rings is 1. The Bertz CT molecular complexity index is 825. The molecule has 6 nitrogen and oxygen atoms in total. The van der Waals surface area contributed by atoms with Gasteiger partial charge < -0.3 is 15.0 Å². The number of amides is 2. The van der Waals surface area contributed by atoms with Crippen LogP contribution in [-0.4, -0.2) is 48.0 Å². The molecule has 2 heterocycles. The van der Waals surface area contributed by atoms with Crippen LogP contribution in [0.3, 0.4) is 0 Å². The second kappa shape index (κ2) is 7.85. The molecule has 0 spiro atoms. The Balaban J connectivity index is 1.79. The van der Waals surface area contributed by atoms with Crippen LogP contribution in [0.15, 0.2) is 30.6 Å². The Kier molecular flexibility index (Phi) is 5.54. The zero-order valence-electron chi connectivity index (χ0n) is 14.7. The topological polar surface area (TPSA) is 71.5 Å². The molecule has 136 valence electrons. The van der Waals surface area contributed by atoms with Gasteiger partial charge in [0, 0.05) is 25.5 Å². The summed E-state index contributed by atoms with van der Waals surface area (Å²) in [5.74, 6) is -0.511. The van der Waals surface area contributed by atoms with E-state index in [-0.39, 0.29) is 11.8 Å². The smallest absolute Gasteiger partial charge is 0.257 e. The molecule has 1 fully saturated rings. The maximum Gasteiger partial charge on any atom is 0.257 e. The molecule has 0 atom stereocenters. The fourth-order valence-electron chi connectivity index (χ4n) is 2.89. The first-order valence-electron chi connectivity index (χ1n) is 8.36. The molecular weight excluding hydrogens is 354 g/mol. The van der Waals surface area contributed by atoms with Gasteiger partial charge in [-0.3, -0.25) is 14.6 Å². The molecule has 1 aliphatic rings. The summed E-state index contributed by atoms with van der Waals surface area (Å²) in [6, 6.07) is 5.29. The van der Waals surface area contributed by atoms with Gasteiger partial charge in [0.15, 0.2) is 0 Å². The second-order valence-electron chi connectivity index (χ2n) is 6.26. The predicted octanol–water partition coefficient (Wildman–Crippen LogP) is 3.08. The summed E-state index contributed by atoms with van der Waals surface area (Å²) in [5.41, 5.74) is 3.14. The van der Waals surface area contributed by atoms with E-state index in [2.05, 4.69) is 10.3 Å². The SMILES string of the molecule is Cc1cc(C)c(NC(=O)c2cncc(C(=O)N3CCOCC3)c2)c(Cl)c1. The van der Waals surface area contributed by atoms with E-state index in [0.29, 0.717) is 48.1 Å². The molecule has 2 aromatic rings. The van der Waals surface area contributed by atoms with Gasteiger partial charge >= 0.3 is 0 Å². The zero-order valence-corrected chi connectivity index (χ0v) is 15.5. The first-order valence-corrected chi connectivity index (χ1v) is 8.73. The van der Waals surface area contributed by atoms with E-state index >= 15 is 0 Å². The first kappa shape index (κ1) is 18.4. The first-order chi connectivity index (χ1) is 12.5. The van der Waals surface area contributed by atoms with Crippen molar-refractivity contribution in [2.45, 2.75) is 13.8 Å². The highest BCUT2D eigenvalue weighted by Gasteiger charge is 2.20. The minimum Gasteiger partial charge on any atom is -0.378 e. The number of aromatic nitrogens is 1. The Morgan fingerprint density at radius 2 is 1.81 bits per heavy atom. The summed E-state index contributed by atoms with van der Waals surface area (Å²) >= 11 is 6.25. The molecule has 1 N–H and O–H groups in total. The molecule has 1 aliphatic heterocycles. The van der Waals surface area contributed by atoms with Crippen LogP contribution in [0, 0.1) is 13.8 Å². The highest BCUT2D eigenvalue weighted by Crippen LogP contribution is 2.27. The summed E-state index contributed by atoms with van der Waals surface area (Å²) in [6.07, 6.45) is 2.90. The average molecular weight is 374 g/mol. The number of hydrogen-bond donors (Lipinski definition) is 1. The third-order valence-electron chi connectivity index (χ3n) is 4.22. The van der Waals surface area contributed by atoms with Crippen molar-refractivity contribution >= 4 is 29.1 Å². The van der Waals surface area contributed by atoms with Gasteiger partial charge in [0.05, 0.1) is 35.1 Å². The summed E-state index contributed by atoms with van der Waals surface area (Å²) in [7, 11) is 0. The van der Waals surface area contributed by atoms with Gasteiger partial charge in [-0.15, -0.1) is 0 Å². The fourth-order valence-corrected chi connectivity index (χ4v) is 3.26. The van der Waals surface area contributed by atoms with Crippen molar-refractivity contribution in [3.63, 3.8) is 0 Å². The van der Waals surface area contributed by atoms with Crippen molar-refractivity contribution in [3.8, 4) is 0 Å². The molecule has 0 bridgehead atoms. The maximum atomic E-state index is 12.6. The van der Waals surface area contributed by atoms with Crippen molar-refractivity contribution in [2.75, 3.05) is 31.6 Å². The minimum absolute atomic E-state index is 0.153. The number of morpholine rings is 1. The van der Waals surface area contributed by atoms with Gasteiger partial charge in [-0.25, -0.2) is 0 Å². The van der Waals surface area contributed by atoms with Crippen LogP contribution >= 0.6 is 11.6 Å². The number of nitrogens with zero attached hydrogens (tertiary/aromatic N) is 2. The van der Waals surface area contributed by atoms with Crippen LogP contribution < -0.4 is 5.32 Å². The van der Waals surface area contributed by atoms with Gasteiger partial charge in [-0.05, 0) is 37.1 Å². The molecule has 1 saturated heterocycles. The standard InChI is InChI=1S/C19H20ClN3O3/c1-12-7-13(2)17(16(20)8-12)22-18(24)14-9-15(11-21-10-14)19(25)23-3-5-26-6-4-23/h7-11H,3-6H2,1-2H3,(H,22,24). The normalized spacial score (nSPS) is 14.2. The lowest BCUT2D eigenvalue weighted by Crippen LogP contribution is -2.40. The number of halogens is 1. The average Bonchev–Trinajstić information content (AvgIpc) is 2.64. The van der Waals surface area contributed by atoms with E-state index in [4.69, 9.17) is 16.3 Å². The number of nitrogens with one attached hydrogen (secondary N) is 1. The van der Waals surface area contributed by atoms with Gasteiger partial charge in [0.2, 0.25) is 0 Å². The monoisotopic (exact) mass is 373 g/mol. The number of hydrogen-bond acceptors (Lipinski definition) is 4. The molecule has 7 heteroatoms. The van der Waals surface area contributed by atoms with Crippen LogP contribution in [0.2, 0.25) is 5.02 Å². The molecule has 1 aromatic heterocycles. The highest BCUT2D eigenvalue weighted by atomic mass is 35.5. The van der Waals surface area contributed by atoms with Crippen molar-refractivity contribution < 1.29 is 14.3 Å². The second-order valence-corrected chi connectivity index (χ2v) is 6.67. The maximum absolute atomic E-state index is 12.6. The van der Waals surface area contributed by atoms with E-state index in [1.165, 1.54) is 12.4 Å². The van der Waals surface area contributed by atoms with Crippen LogP contribution in [0.1, 0.15) is 31.8 Å². The number of benzene rings is 1. The van der Waals surface area contributed by atoms with Crippen LogP contribution in [0.5, 0.6) is 0 Å². The summed E-state index contributed by atoms with van der Waals surface area (Å²) in [5, 5.41) is 3.29. The lowest BCUT2D eigenvalue weighted by Gasteiger charge is -2.26. The number of aryl methyl sites for hydroxylation is 2. The van der Waals surface area contributed by atoms with E-state index in [1.54, 1.807) is 17.0 Å². The number of ether oxygens (including phenoxy) is 1. The van der Waals surface area contributed by atoms with E-state index in [0.717, 1.165) is 11.1 Å². The third-order valence-corrected chi connectivity index (χ3v) is 4.51. The fraction of sp³-hybridized carbons (Fsp3) is 0.316. The Hall–Kier alpha value is -2.44. The molecule has 26 heavy (non-hydrogen) atoms. The highest BCUT2D eigenvalue weighted by molar-refractivity contribution is 6.34. The molecular formula is C19H20ClN3O3. The molecule has 3 rings (SSSR count). The quantitative estimate of drug-likeness (QED) is 0.897. The van der Waals surface area contributed by atoms with Crippen molar-refractivity contribution in [2.24, 2.45) is 0 Å². The van der Waals surface area contributed by atoms with Gasteiger partial charge in [-0.1, -0.05) is 17.7 Å². The molecule has 0 radical (unpaired) electrons.